The van der Waals surface area contributed by atoms with Crippen LogP contribution in [0.5, 0.6) is 0 Å². The lowest BCUT2D eigenvalue weighted by atomic mass is 10.0. The summed E-state index contributed by atoms with van der Waals surface area (Å²) < 4.78 is 5.22. The molecule has 0 aliphatic carbocycles. The third-order valence-electron chi connectivity index (χ3n) is 2.98. The van der Waals surface area contributed by atoms with Gasteiger partial charge in [-0.05, 0) is 43.2 Å². The Balaban J connectivity index is 2.24. The van der Waals surface area contributed by atoms with Crippen LogP contribution in [-0.4, -0.2) is 0 Å². The van der Waals surface area contributed by atoms with Gasteiger partial charge in [-0.1, -0.05) is 12.1 Å². The van der Waals surface area contributed by atoms with Crippen LogP contribution in [0.25, 0.3) is 22.1 Å². The number of fused-ring (bicyclic) bond motifs is 1. The molecule has 0 unspecified atom stereocenters. The summed E-state index contributed by atoms with van der Waals surface area (Å²) in [6, 6.07) is 11.4. The van der Waals surface area contributed by atoms with Gasteiger partial charge in [-0.2, -0.15) is 0 Å². The molecule has 2 nitrogen and oxygen atoms in total. The lowest BCUT2D eigenvalue weighted by molar-refractivity contribution is 0.561. The van der Waals surface area contributed by atoms with E-state index in [9.17, 15) is 4.79 Å². The van der Waals surface area contributed by atoms with Crippen LogP contribution in [-0.2, 0) is 0 Å². The van der Waals surface area contributed by atoms with Gasteiger partial charge in [0.15, 0.2) is 0 Å². The molecule has 18 heavy (non-hydrogen) atoms. The van der Waals surface area contributed by atoms with E-state index in [0.29, 0.717) is 5.58 Å². The first kappa shape index (κ1) is 11.2. The van der Waals surface area contributed by atoms with Gasteiger partial charge in [0.1, 0.15) is 5.58 Å². The van der Waals surface area contributed by atoms with Crippen LogP contribution in [0, 0.1) is 13.8 Å². The van der Waals surface area contributed by atoms with Gasteiger partial charge in [-0.25, -0.2) is 4.79 Å². The van der Waals surface area contributed by atoms with Crippen LogP contribution in [0.15, 0.2) is 45.6 Å². The summed E-state index contributed by atoms with van der Waals surface area (Å²) in [6.45, 7) is 4.21. The predicted molar refractivity (Wildman–Crippen MR) is 75.3 cm³/mol. The Kier molecular flexibility index (Phi) is 2.56. The van der Waals surface area contributed by atoms with Crippen LogP contribution < -0.4 is 5.63 Å². The molecule has 2 aromatic heterocycles. The van der Waals surface area contributed by atoms with Crippen molar-refractivity contribution in [1.82, 2.24) is 0 Å². The molecule has 0 radical (unpaired) electrons. The Morgan fingerprint density at radius 2 is 1.83 bits per heavy atom. The number of benzene rings is 1. The van der Waals surface area contributed by atoms with Gasteiger partial charge < -0.3 is 4.42 Å². The first-order valence-electron chi connectivity index (χ1n) is 5.75. The minimum atomic E-state index is -0.308. The van der Waals surface area contributed by atoms with Crippen molar-refractivity contribution in [2.75, 3.05) is 0 Å². The predicted octanol–water partition coefficient (Wildman–Crippen LogP) is 4.14. The van der Waals surface area contributed by atoms with Crippen molar-refractivity contribution in [2.45, 2.75) is 13.8 Å². The molecule has 0 bridgehead atoms. The molecule has 0 aliphatic rings. The minimum Gasteiger partial charge on any atom is -0.423 e. The van der Waals surface area contributed by atoms with E-state index in [2.05, 4.69) is 26.0 Å². The molecule has 0 spiro atoms. The normalized spacial score (nSPS) is 11.0. The van der Waals surface area contributed by atoms with Gasteiger partial charge in [-0.3, -0.25) is 0 Å². The van der Waals surface area contributed by atoms with Crippen molar-refractivity contribution in [3.8, 4) is 11.1 Å². The fraction of sp³-hybridized carbons (Fsp3) is 0.133. The number of rotatable bonds is 1. The minimum absolute atomic E-state index is 0.308. The average Bonchev–Trinajstić information content (AvgIpc) is 2.67. The molecular formula is C15H12O2S. The van der Waals surface area contributed by atoms with E-state index in [-0.39, 0.29) is 5.63 Å². The average molecular weight is 256 g/mol. The highest BCUT2D eigenvalue weighted by Gasteiger charge is 2.07. The molecule has 0 atom stereocenters. The topological polar surface area (TPSA) is 30.2 Å². The van der Waals surface area contributed by atoms with Crippen LogP contribution in [0.1, 0.15) is 9.75 Å². The smallest absolute Gasteiger partial charge is 0.336 e. The lowest BCUT2D eigenvalue weighted by Gasteiger charge is -2.02. The van der Waals surface area contributed by atoms with Gasteiger partial charge in [-0.15, -0.1) is 11.3 Å². The zero-order valence-electron chi connectivity index (χ0n) is 10.2. The summed E-state index contributed by atoms with van der Waals surface area (Å²) in [5, 5.41) is 0.947. The maximum absolute atomic E-state index is 11.2. The highest BCUT2D eigenvalue weighted by molar-refractivity contribution is 7.12. The van der Waals surface area contributed by atoms with E-state index in [1.165, 1.54) is 21.4 Å². The molecule has 0 saturated carbocycles. The van der Waals surface area contributed by atoms with Gasteiger partial charge in [0.25, 0.3) is 0 Å². The van der Waals surface area contributed by atoms with Crippen molar-refractivity contribution < 1.29 is 4.42 Å². The maximum Gasteiger partial charge on any atom is 0.336 e. The van der Waals surface area contributed by atoms with Crippen LogP contribution in [0.4, 0.5) is 0 Å². The number of hydrogen-bond acceptors (Lipinski definition) is 3. The molecule has 3 aromatic rings. The summed E-state index contributed by atoms with van der Waals surface area (Å²) >= 11 is 1.78. The molecule has 0 amide bonds. The van der Waals surface area contributed by atoms with Crippen LogP contribution in [0.2, 0.25) is 0 Å². The third-order valence-corrected chi connectivity index (χ3v) is 3.94. The Labute approximate surface area is 109 Å². The van der Waals surface area contributed by atoms with E-state index in [1.807, 2.05) is 12.1 Å². The fourth-order valence-electron chi connectivity index (χ4n) is 2.15. The van der Waals surface area contributed by atoms with Crippen LogP contribution >= 0.6 is 11.3 Å². The zero-order chi connectivity index (χ0) is 12.7. The zero-order valence-corrected chi connectivity index (χ0v) is 11.0. The molecule has 0 aliphatic heterocycles. The van der Waals surface area contributed by atoms with Crippen molar-refractivity contribution in [3.63, 3.8) is 0 Å². The molecule has 1 aromatic carbocycles. The Bertz CT molecular complexity index is 781. The summed E-state index contributed by atoms with van der Waals surface area (Å²) in [5.41, 5.74) is 2.64. The second kappa shape index (κ2) is 4.10. The molecule has 2 heterocycles. The van der Waals surface area contributed by atoms with Crippen molar-refractivity contribution in [1.29, 1.82) is 0 Å². The first-order chi connectivity index (χ1) is 8.63. The molecule has 3 heteroatoms. The molecule has 90 valence electrons. The van der Waals surface area contributed by atoms with E-state index in [4.69, 9.17) is 4.42 Å². The highest BCUT2D eigenvalue weighted by atomic mass is 32.1. The maximum atomic E-state index is 11.2. The quantitative estimate of drug-likeness (QED) is 0.612. The molecule has 0 fully saturated rings. The van der Waals surface area contributed by atoms with Crippen molar-refractivity contribution in [3.05, 3.63) is 56.6 Å². The number of aryl methyl sites for hydroxylation is 2. The Morgan fingerprint density at radius 1 is 1.06 bits per heavy atom. The summed E-state index contributed by atoms with van der Waals surface area (Å²) in [5.74, 6) is 0. The second-order valence-electron chi connectivity index (χ2n) is 4.33. The Morgan fingerprint density at radius 3 is 2.56 bits per heavy atom. The van der Waals surface area contributed by atoms with E-state index < -0.39 is 0 Å². The number of hydrogen-bond donors (Lipinski definition) is 0. The lowest BCUT2D eigenvalue weighted by Crippen LogP contribution is -1.94. The highest BCUT2D eigenvalue weighted by Crippen LogP contribution is 2.31. The molecular weight excluding hydrogens is 244 g/mol. The monoisotopic (exact) mass is 256 g/mol. The third kappa shape index (κ3) is 1.87. The first-order valence-corrected chi connectivity index (χ1v) is 6.56. The largest absolute Gasteiger partial charge is 0.423 e. The summed E-state index contributed by atoms with van der Waals surface area (Å²) in [4.78, 5) is 13.8. The van der Waals surface area contributed by atoms with Gasteiger partial charge in [0, 0.05) is 21.2 Å². The van der Waals surface area contributed by atoms with E-state index in [1.54, 1.807) is 17.4 Å². The van der Waals surface area contributed by atoms with E-state index in [0.717, 1.165) is 10.9 Å². The van der Waals surface area contributed by atoms with Crippen LogP contribution in [0.3, 0.4) is 0 Å². The van der Waals surface area contributed by atoms with Crippen molar-refractivity contribution in [2.24, 2.45) is 0 Å². The number of thiophene rings is 1. The van der Waals surface area contributed by atoms with E-state index >= 15 is 0 Å². The molecule has 0 N–H and O–H groups in total. The summed E-state index contributed by atoms with van der Waals surface area (Å²) in [7, 11) is 0. The van der Waals surface area contributed by atoms with Gasteiger partial charge >= 0.3 is 5.63 Å². The SMILES string of the molecule is Cc1cc(-c2ccc3ccc(=O)oc3c2)c(C)s1. The summed E-state index contributed by atoms with van der Waals surface area (Å²) in [6.07, 6.45) is 0. The van der Waals surface area contributed by atoms with Gasteiger partial charge in [0.05, 0.1) is 0 Å². The Hall–Kier alpha value is -1.87. The van der Waals surface area contributed by atoms with Gasteiger partial charge in [0.2, 0.25) is 0 Å². The molecule has 0 saturated heterocycles. The van der Waals surface area contributed by atoms with Crippen molar-refractivity contribution >= 4 is 22.3 Å². The second-order valence-corrected chi connectivity index (χ2v) is 5.79. The molecule has 3 rings (SSSR count). The standard InChI is InChI=1S/C15H12O2S/c1-9-7-13(10(2)18-9)12-4-3-11-5-6-15(16)17-14(11)8-12/h3-8H,1-2H3. The fourth-order valence-corrected chi connectivity index (χ4v) is 3.09.